The number of anilines is 1. The number of amides is 1. The molecule has 134 valence electrons. The van der Waals surface area contributed by atoms with Crippen LogP contribution in [0.1, 0.15) is 17.0 Å². The molecule has 0 atom stereocenters. The first kappa shape index (κ1) is 17.9. The molecule has 2 aromatic carbocycles. The molecule has 3 rings (SSSR count). The van der Waals surface area contributed by atoms with Gasteiger partial charge in [-0.3, -0.25) is 4.79 Å². The Balaban J connectivity index is 1.59. The summed E-state index contributed by atoms with van der Waals surface area (Å²) < 4.78 is 12.4. The zero-order valence-corrected chi connectivity index (χ0v) is 15.4. The molecule has 0 radical (unpaired) electrons. The van der Waals surface area contributed by atoms with E-state index in [1.54, 1.807) is 0 Å². The molecule has 3 aromatic rings. The fourth-order valence-corrected chi connectivity index (χ4v) is 2.53. The van der Waals surface area contributed by atoms with Gasteiger partial charge in [-0.25, -0.2) is 4.68 Å². The van der Waals surface area contributed by atoms with E-state index in [9.17, 15) is 4.79 Å². The van der Waals surface area contributed by atoms with Gasteiger partial charge >= 0.3 is 0 Å². The van der Waals surface area contributed by atoms with Crippen LogP contribution in [0.3, 0.4) is 0 Å². The number of hydrogen-bond donors (Lipinski definition) is 1. The van der Waals surface area contributed by atoms with E-state index in [2.05, 4.69) is 10.4 Å². The standard InChI is InChI=1S/C19H19N3O3S/c1-13-6-8-15(9-7-13)20-17(23)11-22-19(26)25-18(21-22)12-24-16-5-3-4-14(2)10-16/h3-10H,11-12H2,1-2H3,(H,20,23). The second-order valence-electron chi connectivity index (χ2n) is 5.94. The zero-order chi connectivity index (χ0) is 18.5. The van der Waals surface area contributed by atoms with Gasteiger partial charge in [0.15, 0.2) is 6.61 Å². The lowest BCUT2D eigenvalue weighted by Crippen LogP contribution is -2.19. The van der Waals surface area contributed by atoms with Gasteiger partial charge in [0.25, 0.3) is 10.7 Å². The summed E-state index contributed by atoms with van der Waals surface area (Å²) in [6.07, 6.45) is 0. The topological polar surface area (TPSA) is 69.3 Å². The van der Waals surface area contributed by atoms with Crippen LogP contribution in [0.4, 0.5) is 5.69 Å². The van der Waals surface area contributed by atoms with Gasteiger partial charge in [-0.15, -0.1) is 5.10 Å². The Labute approximate surface area is 156 Å². The van der Waals surface area contributed by atoms with Gasteiger partial charge in [0.2, 0.25) is 5.91 Å². The largest absolute Gasteiger partial charge is 0.484 e. The van der Waals surface area contributed by atoms with E-state index >= 15 is 0 Å². The summed E-state index contributed by atoms with van der Waals surface area (Å²) in [4.78, 5) is 12.3. The first-order chi connectivity index (χ1) is 12.5. The number of nitrogens with one attached hydrogen (secondary N) is 1. The Morgan fingerprint density at radius 1 is 1.19 bits per heavy atom. The van der Waals surface area contributed by atoms with Crippen LogP contribution in [0.15, 0.2) is 52.9 Å². The third kappa shape index (κ3) is 4.80. The van der Waals surface area contributed by atoms with Crippen molar-refractivity contribution in [2.45, 2.75) is 27.0 Å². The average molecular weight is 369 g/mol. The summed E-state index contributed by atoms with van der Waals surface area (Å²) in [7, 11) is 0. The average Bonchev–Trinajstić information content (AvgIpc) is 2.95. The Hall–Kier alpha value is -2.93. The minimum Gasteiger partial charge on any atom is -0.484 e. The fraction of sp³-hybridized carbons (Fsp3) is 0.211. The first-order valence-electron chi connectivity index (χ1n) is 8.12. The van der Waals surface area contributed by atoms with E-state index < -0.39 is 0 Å². The van der Waals surface area contributed by atoms with E-state index in [0.29, 0.717) is 5.89 Å². The number of rotatable bonds is 6. The second-order valence-corrected chi connectivity index (χ2v) is 6.29. The molecule has 1 amide bonds. The Kier molecular flexibility index (Phi) is 5.48. The molecule has 0 fully saturated rings. The number of ether oxygens (including phenoxy) is 1. The van der Waals surface area contributed by atoms with Crippen molar-refractivity contribution in [1.29, 1.82) is 0 Å². The molecular formula is C19H19N3O3S. The summed E-state index contributed by atoms with van der Waals surface area (Å²) in [5.41, 5.74) is 2.94. The first-order valence-corrected chi connectivity index (χ1v) is 8.53. The van der Waals surface area contributed by atoms with Gasteiger partial charge in [0, 0.05) is 5.69 Å². The van der Waals surface area contributed by atoms with Crippen LogP contribution in [0.25, 0.3) is 0 Å². The van der Waals surface area contributed by atoms with Gasteiger partial charge < -0.3 is 14.5 Å². The quantitative estimate of drug-likeness (QED) is 0.664. The molecule has 1 aromatic heterocycles. The van der Waals surface area contributed by atoms with Crippen LogP contribution in [-0.4, -0.2) is 15.7 Å². The normalized spacial score (nSPS) is 10.5. The molecule has 0 aliphatic rings. The van der Waals surface area contributed by atoms with Crippen molar-refractivity contribution in [3.05, 3.63) is 70.4 Å². The van der Waals surface area contributed by atoms with Gasteiger partial charge in [0.05, 0.1) is 0 Å². The molecule has 0 aliphatic heterocycles. The number of hydrogen-bond acceptors (Lipinski definition) is 5. The highest BCUT2D eigenvalue weighted by Crippen LogP contribution is 2.14. The fourth-order valence-electron chi connectivity index (χ4n) is 2.33. The highest BCUT2D eigenvalue weighted by Gasteiger charge is 2.11. The molecule has 0 unspecified atom stereocenters. The third-order valence-corrected chi connectivity index (χ3v) is 3.92. The maximum absolute atomic E-state index is 12.2. The van der Waals surface area contributed by atoms with Crippen LogP contribution in [0.5, 0.6) is 5.75 Å². The predicted octanol–water partition coefficient (Wildman–Crippen LogP) is 4.04. The number of carbonyl (C=O) groups excluding carboxylic acids is 1. The van der Waals surface area contributed by atoms with Crippen molar-refractivity contribution in [3.8, 4) is 5.75 Å². The van der Waals surface area contributed by atoms with Crippen molar-refractivity contribution in [3.63, 3.8) is 0 Å². The van der Waals surface area contributed by atoms with Crippen molar-refractivity contribution < 1.29 is 13.9 Å². The van der Waals surface area contributed by atoms with Crippen molar-refractivity contribution in [2.24, 2.45) is 0 Å². The van der Waals surface area contributed by atoms with Crippen molar-refractivity contribution >= 4 is 23.8 Å². The lowest BCUT2D eigenvalue weighted by atomic mass is 10.2. The maximum atomic E-state index is 12.2. The van der Waals surface area contributed by atoms with Gasteiger partial charge in [0.1, 0.15) is 12.3 Å². The minimum atomic E-state index is -0.232. The lowest BCUT2D eigenvalue weighted by Gasteiger charge is -2.05. The summed E-state index contributed by atoms with van der Waals surface area (Å²) >= 11 is 5.12. The molecule has 0 saturated carbocycles. The molecule has 0 aliphatic carbocycles. The summed E-state index contributed by atoms with van der Waals surface area (Å²) in [5, 5.41) is 7.00. The van der Waals surface area contributed by atoms with Crippen LogP contribution >= 0.6 is 12.2 Å². The monoisotopic (exact) mass is 369 g/mol. The minimum absolute atomic E-state index is 0.0271. The van der Waals surface area contributed by atoms with Crippen LogP contribution < -0.4 is 10.1 Å². The van der Waals surface area contributed by atoms with E-state index in [4.69, 9.17) is 21.4 Å². The molecule has 6 nitrogen and oxygen atoms in total. The SMILES string of the molecule is Cc1ccc(NC(=O)Cn2nc(COc3cccc(C)c3)oc2=S)cc1. The van der Waals surface area contributed by atoms with Gasteiger partial charge in [-0.1, -0.05) is 29.8 Å². The Morgan fingerprint density at radius 3 is 2.69 bits per heavy atom. The molecule has 0 bridgehead atoms. The highest BCUT2D eigenvalue weighted by molar-refractivity contribution is 7.71. The van der Waals surface area contributed by atoms with Gasteiger partial charge in [-0.2, -0.15) is 0 Å². The Morgan fingerprint density at radius 2 is 1.96 bits per heavy atom. The van der Waals surface area contributed by atoms with Crippen LogP contribution in [0.2, 0.25) is 0 Å². The van der Waals surface area contributed by atoms with E-state index in [0.717, 1.165) is 22.6 Å². The second kappa shape index (κ2) is 7.97. The number of carbonyl (C=O) groups is 1. The van der Waals surface area contributed by atoms with Crippen molar-refractivity contribution in [2.75, 3.05) is 5.32 Å². The highest BCUT2D eigenvalue weighted by atomic mass is 32.1. The molecule has 0 spiro atoms. The van der Waals surface area contributed by atoms with Crippen LogP contribution in [-0.2, 0) is 17.9 Å². The molecule has 1 N–H and O–H groups in total. The number of nitrogens with zero attached hydrogens (tertiary/aromatic N) is 2. The number of aryl methyl sites for hydroxylation is 2. The molecule has 1 heterocycles. The van der Waals surface area contributed by atoms with E-state index in [1.165, 1.54) is 4.68 Å². The third-order valence-electron chi connectivity index (χ3n) is 3.63. The van der Waals surface area contributed by atoms with E-state index in [1.807, 2.05) is 62.4 Å². The molecular weight excluding hydrogens is 350 g/mol. The summed E-state index contributed by atoms with van der Waals surface area (Å²) in [6.45, 7) is 4.08. The van der Waals surface area contributed by atoms with Crippen molar-refractivity contribution in [1.82, 2.24) is 9.78 Å². The molecule has 0 saturated heterocycles. The number of aromatic nitrogens is 2. The molecule has 26 heavy (non-hydrogen) atoms. The number of benzene rings is 2. The summed E-state index contributed by atoms with van der Waals surface area (Å²) in [6, 6.07) is 15.2. The zero-order valence-electron chi connectivity index (χ0n) is 14.6. The van der Waals surface area contributed by atoms with Crippen LogP contribution in [0, 0.1) is 18.7 Å². The smallest absolute Gasteiger partial charge is 0.287 e. The lowest BCUT2D eigenvalue weighted by molar-refractivity contribution is -0.117. The predicted molar refractivity (Wildman–Crippen MR) is 101 cm³/mol. The summed E-state index contributed by atoms with van der Waals surface area (Å²) in [5.74, 6) is 0.807. The molecule has 7 heteroatoms. The Bertz CT molecular complexity index is 961. The maximum Gasteiger partial charge on any atom is 0.287 e. The van der Waals surface area contributed by atoms with E-state index in [-0.39, 0.29) is 23.9 Å². The van der Waals surface area contributed by atoms with Gasteiger partial charge in [-0.05, 0) is 55.9 Å².